The third-order valence-electron chi connectivity index (χ3n) is 6.06. The molecule has 2 aromatic carbocycles. The molecule has 1 aliphatic rings. The van der Waals surface area contributed by atoms with Gasteiger partial charge in [-0.05, 0) is 67.4 Å². The number of ether oxygens (including phenoxy) is 3. The predicted molar refractivity (Wildman–Crippen MR) is 144 cm³/mol. The van der Waals surface area contributed by atoms with Gasteiger partial charge < -0.3 is 18.6 Å². The number of rotatable bonds is 7. The minimum atomic E-state index is -0.711. The summed E-state index contributed by atoms with van der Waals surface area (Å²) >= 11 is 1.23. The van der Waals surface area contributed by atoms with Crippen LogP contribution in [0.5, 0.6) is 11.5 Å². The van der Waals surface area contributed by atoms with Gasteiger partial charge in [-0.3, -0.25) is 9.36 Å². The first kappa shape index (κ1) is 25.9. The van der Waals surface area contributed by atoms with Gasteiger partial charge in [-0.1, -0.05) is 35.6 Å². The molecule has 0 radical (unpaired) electrons. The van der Waals surface area contributed by atoms with Crippen molar-refractivity contribution in [3.63, 3.8) is 0 Å². The number of hydrogen-bond acceptors (Lipinski definition) is 9. The van der Waals surface area contributed by atoms with Crippen molar-refractivity contribution in [1.29, 1.82) is 0 Å². The third-order valence-corrected chi connectivity index (χ3v) is 7.04. The zero-order valence-electron chi connectivity index (χ0n) is 21.4. The number of furan rings is 1. The molecule has 0 saturated heterocycles. The lowest BCUT2D eigenvalue weighted by atomic mass is 9.96. The van der Waals surface area contributed by atoms with Crippen molar-refractivity contribution in [3.8, 4) is 11.5 Å². The molecular formula is C29H24N2O7S. The van der Waals surface area contributed by atoms with E-state index in [4.69, 9.17) is 18.6 Å². The Hall–Kier alpha value is -4.70. The van der Waals surface area contributed by atoms with Gasteiger partial charge in [-0.15, -0.1) is 0 Å². The van der Waals surface area contributed by atoms with E-state index in [-0.39, 0.29) is 17.9 Å². The molecule has 0 aliphatic carbocycles. The highest BCUT2D eigenvalue weighted by atomic mass is 32.1. The lowest BCUT2D eigenvalue weighted by Gasteiger charge is -2.24. The Morgan fingerprint density at radius 3 is 2.41 bits per heavy atom. The van der Waals surface area contributed by atoms with Gasteiger partial charge in [-0.25, -0.2) is 14.6 Å². The summed E-state index contributed by atoms with van der Waals surface area (Å²) in [7, 11) is 1.57. The summed E-state index contributed by atoms with van der Waals surface area (Å²) < 4.78 is 22.9. The number of esters is 2. The van der Waals surface area contributed by atoms with Gasteiger partial charge in [0.25, 0.3) is 5.56 Å². The highest BCUT2D eigenvalue weighted by Gasteiger charge is 2.33. The van der Waals surface area contributed by atoms with Crippen molar-refractivity contribution < 1.29 is 28.2 Å². The number of methoxy groups -OCH3 is 1. The third kappa shape index (κ3) is 5.19. The van der Waals surface area contributed by atoms with Crippen molar-refractivity contribution in [2.45, 2.75) is 19.9 Å². The molecule has 0 saturated carbocycles. The van der Waals surface area contributed by atoms with Crippen LogP contribution in [0.4, 0.5) is 0 Å². The summed E-state index contributed by atoms with van der Waals surface area (Å²) in [4.78, 5) is 43.9. The smallest absolute Gasteiger partial charge is 0.379 e. The Balaban J connectivity index is 1.53. The fourth-order valence-electron chi connectivity index (χ4n) is 4.23. The highest BCUT2D eigenvalue weighted by Crippen LogP contribution is 2.31. The molecule has 4 aromatic rings. The van der Waals surface area contributed by atoms with E-state index in [1.54, 1.807) is 69.5 Å². The van der Waals surface area contributed by atoms with Crippen LogP contribution in [-0.4, -0.2) is 30.2 Å². The number of thiazole rings is 1. The van der Waals surface area contributed by atoms with E-state index < -0.39 is 18.0 Å². The minimum Gasteiger partial charge on any atom is -0.497 e. The first-order chi connectivity index (χ1) is 18.9. The summed E-state index contributed by atoms with van der Waals surface area (Å²) in [5, 5.41) is 0. The Kier molecular flexibility index (Phi) is 7.29. The topological polar surface area (TPSA) is 109 Å². The number of benzene rings is 2. The standard InChI is InChI=1S/C29H24N2O7S/c1-4-36-28(34)24-17(2)30-29-31(25(24)19-9-13-20(35-3)14-10-19)26(32)23(39-29)16-18-7-11-21(12-8-18)38-27(33)22-6-5-15-37-22/h5-16,25H,4H2,1-3H3/b23-16-/t25-/m1/s1. The van der Waals surface area contributed by atoms with Gasteiger partial charge in [0.15, 0.2) is 4.80 Å². The molecule has 5 rings (SSSR count). The number of fused-ring (bicyclic) bond motifs is 1. The number of allylic oxidation sites excluding steroid dienone is 1. The molecular weight excluding hydrogens is 520 g/mol. The molecule has 10 heteroatoms. The van der Waals surface area contributed by atoms with Crippen LogP contribution in [0.15, 0.2) is 92.4 Å². The van der Waals surface area contributed by atoms with Gasteiger partial charge in [-0.2, -0.15) is 0 Å². The van der Waals surface area contributed by atoms with Crippen LogP contribution in [0.3, 0.4) is 0 Å². The molecule has 0 amide bonds. The fraction of sp³-hybridized carbons (Fsp3) is 0.172. The van der Waals surface area contributed by atoms with Crippen molar-refractivity contribution in [3.05, 3.63) is 115 Å². The maximum atomic E-state index is 13.7. The molecule has 2 aromatic heterocycles. The molecule has 1 aliphatic heterocycles. The van der Waals surface area contributed by atoms with E-state index in [0.29, 0.717) is 32.1 Å². The van der Waals surface area contributed by atoms with E-state index in [9.17, 15) is 14.4 Å². The normalized spacial score (nSPS) is 14.9. The van der Waals surface area contributed by atoms with E-state index in [1.165, 1.54) is 28.2 Å². The van der Waals surface area contributed by atoms with Gasteiger partial charge in [0, 0.05) is 0 Å². The van der Waals surface area contributed by atoms with Crippen molar-refractivity contribution in [2.75, 3.05) is 13.7 Å². The zero-order chi connectivity index (χ0) is 27.5. The highest BCUT2D eigenvalue weighted by molar-refractivity contribution is 7.07. The van der Waals surface area contributed by atoms with E-state index in [2.05, 4.69) is 4.99 Å². The largest absolute Gasteiger partial charge is 0.497 e. The summed E-state index contributed by atoms with van der Waals surface area (Å²) in [5.41, 5.74) is 1.96. The fourth-order valence-corrected chi connectivity index (χ4v) is 5.28. The lowest BCUT2D eigenvalue weighted by Crippen LogP contribution is -2.39. The van der Waals surface area contributed by atoms with Crippen LogP contribution < -0.4 is 24.4 Å². The molecule has 0 bridgehead atoms. The maximum absolute atomic E-state index is 13.7. The number of carbonyl (C=O) groups is 2. The molecule has 3 heterocycles. The molecule has 0 fully saturated rings. The second-order valence-corrected chi connectivity index (χ2v) is 9.52. The Labute approximate surface area is 226 Å². The van der Waals surface area contributed by atoms with E-state index in [0.717, 1.165) is 11.1 Å². The van der Waals surface area contributed by atoms with Crippen LogP contribution in [0.2, 0.25) is 0 Å². The van der Waals surface area contributed by atoms with E-state index in [1.807, 2.05) is 12.1 Å². The van der Waals surface area contributed by atoms with Gasteiger partial charge in [0.1, 0.15) is 11.5 Å². The molecule has 198 valence electrons. The first-order valence-corrected chi connectivity index (χ1v) is 12.9. The molecule has 0 N–H and O–H groups in total. The second-order valence-electron chi connectivity index (χ2n) is 8.51. The number of nitrogens with zero attached hydrogens (tertiary/aromatic N) is 2. The van der Waals surface area contributed by atoms with Crippen molar-refractivity contribution in [2.24, 2.45) is 4.99 Å². The molecule has 0 unspecified atom stereocenters. The number of hydrogen-bond donors (Lipinski definition) is 0. The van der Waals surface area contributed by atoms with Gasteiger partial charge in [0.05, 0.1) is 41.8 Å². The summed E-state index contributed by atoms with van der Waals surface area (Å²) in [6.07, 6.45) is 3.13. The molecule has 0 spiro atoms. The Morgan fingerprint density at radius 1 is 1.05 bits per heavy atom. The summed E-state index contributed by atoms with van der Waals surface area (Å²) in [6, 6.07) is 16.3. The molecule has 1 atom stereocenters. The SMILES string of the molecule is CCOC(=O)C1=C(C)N=c2s/c(=C\c3ccc(OC(=O)c4ccco4)cc3)c(=O)n2[C@@H]1c1ccc(OC)cc1. The summed E-state index contributed by atoms with van der Waals surface area (Å²) in [6.45, 7) is 3.67. The van der Waals surface area contributed by atoms with Crippen LogP contribution in [-0.2, 0) is 9.53 Å². The van der Waals surface area contributed by atoms with E-state index >= 15 is 0 Å². The Bertz CT molecular complexity index is 1730. The molecule has 9 nitrogen and oxygen atoms in total. The maximum Gasteiger partial charge on any atom is 0.379 e. The van der Waals surface area contributed by atoms with Gasteiger partial charge in [0.2, 0.25) is 5.76 Å². The van der Waals surface area contributed by atoms with Crippen LogP contribution in [0.1, 0.15) is 41.6 Å². The quantitative estimate of drug-likeness (QED) is 0.258. The van der Waals surface area contributed by atoms with Crippen molar-refractivity contribution >= 4 is 29.4 Å². The van der Waals surface area contributed by atoms with Crippen LogP contribution in [0, 0.1) is 0 Å². The molecule has 39 heavy (non-hydrogen) atoms. The summed E-state index contributed by atoms with van der Waals surface area (Å²) in [5.74, 6) is -0.0305. The lowest BCUT2D eigenvalue weighted by molar-refractivity contribution is -0.139. The van der Waals surface area contributed by atoms with Crippen LogP contribution in [0.25, 0.3) is 6.08 Å². The number of aromatic nitrogens is 1. The van der Waals surface area contributed by atoms with Crippen LogP contribution >= 0.6 is 11.3 Å². The predicted octanol–water partition coefficient (Wildman–Crippen LogP) is 3.62. The zero-order valence-corrected chi connectivity index (χ0v) is 22.2. The van der Waals surface area contributed by atoms with Gasteiger partial charge >= 0.3 is 11.9 Å². The average molecular weight is 545 g/mol. The monoisotopic (exact) mass is 544 g/mol. The Morgan fingerprint density at radius 2 is 1.77 bits per heavy atom. The second kappa shape index (κ2) is 11.0. The van der Waals surface area contributed by atoms with Crippen molar-refractivity contribution in [1.82, 2.24) is 4.57 Å². The minimum absolute atomic E-state index is 0.101. The first-order valence-electron chi connectivity index (χ1n) is 12.1. The number of carbonyl (C=O) groups excluding carboxylic acids is 2. The average Bonchev–Trinajstić information content (AvgIpc) is 3.58.